The molecule has 9 heteroatoms. The lowest BCUT2D eigenvalue weighted by molar-refractivity contribution is -0.115. The third kappa shape index (κ3) is 3.11. The molecule has 26 heavy (non-hydrogen) atoms. The molecule has 0 aliphatic heterocycles. The highest BCUT2D eigenvalue weighted by Gasteiger charge is 2.21. The summed E-state index contributed by atoms with van der Waals surface area (Å²) < 4.78 is 11.0. The van der Waals surface area contributed by atoms with E-state index in [9.17, 15) is 9.59 Å². The molecule has 0 saturated carbocycles. The first-order valence-corrected chi connectivity index (χ1v) is 9.55. The molecule has 0 fully saturated rings. The molecule has 0 spiro atoms. The average Bonchev–Trinajstić information content (AvgIpc) is 3.04. The number of thioether (sulfide) groups is 1. The van der Waals surface area contributed by atoms with Crippen molar-refractivity contribution in [3.8, 4) is 0 Å². The van der Waals surface area contributed by atoms with Crippen LogP contribution >= 0.6 is 23.3 Å². The van der Waals surface area contributed by atoms with E-state index in [0.29, 0.717) is 27.7 Å². The van der Waals surface area contributed by atoms with Crippen LogP contribution in [0, 0.1) is 0 Å². The number of methoxy groups -OCH3 is 1. The zero-order valence-corrected chi connectivity index (χ0v) is 15.8. The van der Waals surface area contributed by atoms with Gasteiger partial charge in [0.25, 0.3) is 5.56 Å². The number of ketones is 1. The van der Waals surface area contributed by atoms with Gasteiger partial charge in [-0.25, -0.2) is 4.40 Å². The van der Waals surface area contributed by atoms with Crippen molar-refractivity contribution in [1.29, 1.82) is 0 Å². The van der Waals surface area contributed by atoms with Crippen LogP contribution in [-0.4, -0.2) is 32.9 Å². The number of aromatic nitrogens is 3. The molecule has 0 amide bonds. The Kier molecular flexibility index (Phi) is 5.10. The molecular formula is C17H16N4O3S2. The van der Waals surface area contributed by atoms with E-state index in [-0.39, 0.29) is 22.9 Å². The fraction of sp³-hybridized carbons (Fsp3) is 0.176. The molecule has 7 nitrogen and oxygen atoms in total. The maximum absolute atomic E-state index is 12.4. The van der Waals surface area contributed by atoms with Gasteiger partial charge in [0, 0.05) is 17.1 Å². The summed E-state index contributed by atoms with van der Waals surface area (Å²) >= 11 is 2.52. The molecule has 0 atom stereocenters. The summed E-state index contributed by atoms with van der Waals surface area (Å²) in [5.74, 6) is 0.258. The Morgan fingerprint density at radius 2 is 2.19 bits per heavy atom. The van der Waals surface area contributed by atoms with Crippen molar-refractivity contribution >= 4 is 45.9 Å². The van der Waals surface area contributed by atoms with Crippen molar-refractivity contribution in [3.63, 3.8) is 0 Å². The van der Waals surface area contributed by atoms with Gasteiger partial charge in [-0.2, -0.15) is 9.36 Å². The highest BCUT2D eigenvalue weighted by atomic mass is 32.2. The van der Waals surface area contributed by atoms with Gasteiger partial charge in [-0.1, -0.05) is 17.8 Å². The highest BCUT2D eigenvalue weighted by molar-refractivity contribution is 7.98. The molecule has 0 saturated heterocycles. The Morgan fingerprint density at radius 1 is 1.42 bits per heavy atom. The summed E-state index contributed by atoms with van der Waals surface area (Å²) in [4.78, 5) is 29.2. The van der Waals surface area contributed by atoms with Crippen molar-refractivity contribution in [2.45, 2.75) is 11.6 Å². The maximum atomic E-state index is 12.4. The maximum Gasteiger partial charge on any atom is 0.283 e. The lowest BCUT2D eigenvalue weighted by Gasteiger charge is -2.14. The van der Waals surface area contributed by atoms with Gasteiger partial charge in [0.15, 0.2) is 10.9 Å². The third-order valence-corrected chi connectivity index (χ3v) is 5.22. The van der Waals surface area contributed by atoms with Crippen LogP contribution in [0.3, 0.4) is 0 Å². The largest absolute Gasteiger partial charge is 0.493 e. The van der Waals surface area contributed by atoms with Crippen LogP contribution in [-0.2, 0) is 9.53 Å². The number of hydrogen-bond acceptors (Lipinski definition) is 8. The SMILES string of the molecule is C=CCC1=C/C(=C/c2c(N)n3c(SC)nsc3nc2=O)C=C(OC)C1=O. The zero-order chi connectivity index (χ0) is 18.8. The van der Waals surface area contributed by atoms with E-state index in [1.54, 1.807) is 28.7 Å². The van der Waals surface area contributed by atoms with Gasteiger partial charge in [-0.3, -0.25) is 9.59 Å². The highest BCUT2D eigenvalue weighted by Crippen LogP contribution is 2.26. The van der Waals surface area contributed by atoms with Gasteiger partial charge >= 0.3 is 0 Å². The van der Waals surface area contributed by atoms with Crippen LogP contribution in [0.25, 0.3) is 11.0 Å². The lowest BCUT2D eigenvalue weighted by Crippen LogP contribution is -2.17. The van der Waals surface area contributed by atoms with Crippen LogP contribution in [0.4, 0.5) is 5.82 Å². The standard InChI is InChI=1S/C17H16N4O3S2/c1-4-5-10-6-9(8-12(24-2)13(10)22)7-11-14(18)21-16(19-15(11)23)26-20-17(21)25-3/h4,6-8H,1,5,18H2,2-3H3/b9-7-. The van der Waals surface area contributed by atoms with Gasteiger partial charge in [0.2, 0.25) is 10.7 Å². The Bertz CT molecular complexity index is 1060. The zero-order valence-electron chi connectivity index (χ0n) is 14.2. The van der Waals surface area contributed by atoms with Crippen LogP contribution in [0.15, 0.2) is 51.7 Å². The molecule has 2 aromatic heterocycles. The fourth-order valence-corrected chi connectivity index (χ4v) is 4.02. The first kappa shape index (κ1) is 18.2. The molecule has 3 rings (SSSR count). The topological polar surface area (TPSA) is 99.6 Å². The van der Waals surface area contributed by atoms with Gasteiger partial charge in [0.05, 0.1) is 12.7 Å². The second-order valence-corrected chi connectivity index (χ2v) is 6.86. The van der Waals surface area contributed by atoms with E-state index >= 15 is 0 Å². The number of Topliss-reactive ketones (excluding diaryl/α,β-unsaturated/α-hetero) is 1. The predicted molar refractivity (Wildman–Crippen MR) is 104 cm³/mol. The number of hydrogen-bond donors (Lipinski definition) is 1. The second-order valence-electron chi connectivity index (χ2n) is 5.35. The van der Waals surface area contributed by atoms with Crippen molar-refractivity contribution in [2.24, 2.45) is 0 Å². The summed E-state index contributed by atoms with van der Waals surface area (Å²) in [5, 5.41) is 0.657. The van der Waals surface area contributed by atoms with E-state index in [0.717, 1.165) is 11.5 Å². The summed E-state index contributed by atoms with van der Waals surface area (Å²) in [7, 11) is 1.43. The first-order valence-electron chi connectivity index (χ1n) is 7.55. The third-order valence-electron chi connectivity index (χ3n) is 3.76. The number of nitrogens with two attached hydrogens (primary N) is 1. The number of carbonyl (C=O) groups is 1. The van der Waals surface area contributed by atoms with Gasteiger partial charge in [0.1, 0.15) is 5.82 Å². The summed E-state index contributed by atoms with van der Waals surface area (Å²) in [5.41, 5.74) is 7.16. The summed E-state index contributed by atoms with van der Waals surface area (Å²) in [6.07, 6.45) is 8.78. The Balaban J connectivity index is 2.20. The number of nitrogen functional groups attached to an aromatic ring is 1. The molecule has 0 bridgehead atoms. The predicted octanol–water partition coefficient (Wildman–Crippen LogP) is 2.45. The Hall–Kier alpha value is -2.65. The molecule has 1 aliphatic rings. The first-order chi connectivity index (χ1) is 12.5. The van der Waals surface area contributed by atoms with E-state index in [4.69, 9.17) is 10.5 Å². The summed E-state index contributed by atoms with van der Waals surface area (Å²) in [6, 6.07) is 0. The average molecular weight is 388 g/mol. The van der Waals surface area contributed by atoms with E-state index in [1.807, 2.05) is 6.26 Å². The minimum atomic E-state index is -0.450. The second kappa shape index (κ2) is 7.30. The quantitative estimate of drug-likeness (QED) is 0.620. The van der Waals surface area contributed by atoms with Crippen LogP contribution < -0.4 is 11.3 Å². The fourth-order valence-electron chi connectivity index (χ4n) is 2.55. The number of anilines is 1. The minimum absolute atomic E-state index is 0.199. The molecule has 1 aliphatic carbocycles. The monoisotopic (exact) mass is 388 g/mol. The van der Waals surface area contributed by atoms with Gasteiger partial charge in [-0.15, -0.1) is 6.58 Å². The summed E-state index contributed by atoms with van der Waals surface area (Å²) in [6.45, 7) is 3.66. The lowest BCUT2D eigenvalue weighted by atomic mass is 9.95. The Morgan fingerprint density at radius 3 is 2.85 bits per heavy atom. The number of fused-ring (bicyclic) bond motifs is 1. The number of ether oxygens (including phenoxy) is 1. The van der Waals surface area contributed by atoms with Crippen LogP contribution in [0.5, 0.6) is 0 Å². The van der Waals surface area contributed by atoms with E-state index in [1.165, 1.54) is 18.9 Å². The molecular weight excluding hydrogens is 372 g/mol. The van der Waals surface area contributed by atoms with E-state index < -0.39 is 5.56 Å². The molecule has 0 unspecified atom stereocenters. The number of rotatable bonds is 5. The van der Waals surface area contributed by atoms with Crippen LogP contribution in [0.2, 0.25) is 0 Å². The molecule has 2 N–H and O–H groups in total. The normalized spacial score (nSPS) is 15.9. The molecule has 2 aromatic rings. The van der Waals surface area contributed by atoms with Gasteiger partial charge in [-0.05, 0) is 36.5 Å². The number of allylic oxidation sites excluding steroid dienone is 5. The number of carbonyl (C=O) groups excluding carboxylic acids is 1. The van der Waals surface area contributed by atoms with Crippen molar-refractivity contribution < 1.29 is 9.53 Å². The molecule has 134 valence electrons. The molecule has 0 radical (unpaired) electrons. The number of nitrogens with zero attached hydrogens (tertiary/aromatic N) is 3. The van der Waals surface area contributed by atoms with Crippen molar-refractivity contribution in [3.05, 3.63) is 57.6 Å². The Labute approximate surface area is 157 Å². The van der Waals surface area contributed by atoms with Crippen molar-refractivity contribution in [2.75, 3.05) is 19.1 Å². The van der Waals surface area contributed by atoms with E-state index in [2.05, 4.69) is 15.9 Å². The molecule has 0 aromatic carbocycles. The van der Waals surface area contributed by atoms with Crippen molar-refractivity contribution in [1.82, 2.24) is 13.8 Å². The molecule has 2 heterocycles. The smallest absolute Gasteiger partial charge is 0.283 e. The van der Waals surface area contributed by atoms with Gasteiger partial charge < -0.3 is 10.5 Å². The van der Waals surface area contributed by atoms with Crippen LogP contribution in [0.1, 0.15) is 12.0 Å². The minimum Gasteiger partial charge on any atom is -0.493 e.